The van der Waals surface area contributed by atoms with Crippen LogP contribution in [0.1, 0.15) is 35.1 Å². The number of aliphatic imine (C=N–C) groups is 1. The van der Waals surface area contributed by atoms with Gasteiger partial charge in [-0.25, -0.2) is 23.1 Å². The summed E-state index contributed by atoms with van der Waals surface area (Å²) in [5.41, 5.74) is 0.737. The summed E-state index contributed by atoms with van der Waals surface area (Å²) in [7, 11) is 1.56. The van der Waals surface area contributed by atoms with Crippen LogP contribution < -0.4 is 4.31 Å². The molecule has 0 saturated heterocycles. The maximum absolute atomic E-state index is 13.5. The zero-order chi connectivity index (χ0) is 20.0. The fourth-order valence-electron chi connectivity index (χ4n) is 2.25. The number of hydrogen-bond donors (Lipinski definition) is 0. The third-order valence-corrected chi connectivity index (χ3v) is 5.52. The molecule has 0 aliphatic rings. The van der Waals surface area contributed by atoms with Crippen LogP contribution in [0, 0.1) is 0 Å². The van der Waals surface area contributed by atoms with Gasteiger partial charge in [0.2, 0.25) is 0 Å². The Kier molecular flexibility index (Phi) is 7.85. The lowest BCUT2D eigenvalue weighted by molar-refractivity contribution is 0.188. The van der Waals surface area contributed by atoms with Crippen LogP contribution in [0.15, 0.2) is 41.5 Å². The van der Waals surface area contributed by atoms with Crippen molar-refractivity contribution in [1.82, 2.24) is 9.97 Å². The summed E-state index contributed by atoms with van der Waals surface area (Å²) >= 11 is 2.83. The summed E-state index contributed by atoms with van der Waals surface area (Å²) in [5.74, 6) is 0.636. The van der Waals surface area contributed by atoms with E-state index in [1.807, 2.05) is 16.6 Å². The molecule has 0 spiro atoms. The molecule has 27 heavy (non-hydrogen) atoms. The first-order valence-electron chi connectivity index (χ1n) is 8.15. The highest BCUT2D eigenvalue weighted by Crippen LogP contribution is 2.27. The van der Waals surface area contributed by atoms with E-state index >= 15 is 0 Å². The molecule has 0 aliphatic heterocycles. The van der Waals surface area contributed by atoms with Crippen molar-refractivity contribution < 1.29 is 13.2 Å². The Hall–Kier alpha value is -1.87. The molecule has 2 rings (SSSR count). The number of thiazole rings is 1. The van der Waals surface area contributed by atoms with Crippen LogP contribution in [0.4, 0.5) is 19.0 Å². The Balaban J connectivity index is 2.15. The molecule has 0 aliphatic carbocycles. The lowest BCUT2D eigenvalue weighted by Crippen LogP contribution is -2.15. The zero-order valence-corrected chi connectivity index (χ0v) is 17.0. The van der Waals surface area contributed by atoms with Crippen molar-refractivity contribution in [2.75, 3.05) is 17.6 Å². The monoisotopic (exact) mass is 414 g/mol. The highest BCUT2D eigenvalue weighted by molar-refractivity contribution is 7.99. The van der Waals surface area contributed by atoms with E-state index in [2.05, 4.69) is 21.5 Å². The minimum atomic E-state index is -2.57. The molecule has 146 valence electrons. The molecule has 0 amide bonds. The van der Waals surface area contributed by atoms with Crippen LogP contribution in [0.3, 0.4) is 0 Å². The number of anilines is 1. The summed E-state index contributed by atoms with van der Waals surface area (Å²) in [6.45, 7) is 5.30. The topological polar surface area (TPSA) is 41.4 Å². The van der Waals surface area contributed by atoms with E-state index in [1.165, 1.54) is 30.2 Å². The molecule has 4 nitrogen and oxygen atoms in total. The first kappa shape index (κ1) is 21.4. The Labute approximate surface area is 165 Å². The van der Waals surface area contributed by atoms with Crippen molar-refractivity contribution >= 4 is 34.8 Å². The highest BCUT2D eigenvalue weighted by Gasteiger charge is 2.17. The van der Waals surface area contributed by atoms with Crippen LogP contribution in [0.5, 0.6) is 0 Å². The molecular formula is C18H21F3N4S2. The summed E-state index contributed by atoms with van der Waals surface area (Å²) in [4.78, 5) is 13.5. The van der Waals surface area contributed by atoms with Crippen LogP contribution in [-0.4, -0.2) is 35.4 Å². The van der Waals surface area contributed by atoms with Crippen molar-refractivity contribution in [3.63, 3.8) is 0 Å². The Bertz CT molecular complexity index is 805. The average Bonchev–Trinajstić information content (AvgIpc) is 3.12. The predicted molar refractivity (Wildman–Crippen MR) is 108 cm³/mol. The van der Waals surface area contributed by atoms with Gasteiger partial charge in [0.25, 0.3) is 6.43 Å². The van der Waals surface area contributed by atoms with E-state index in [9.17, 15) is 13.2 Å². The van der Waals surface area contributed by atoms with E-state index in [4.69, 9.17) is 0 Å². The van der Waals surface area contributed by atoms with E-state index in [1.54, 1.807) is 25.4 Å². The minimum Gasteiger partial charge on any atom is -0.294 e. The van der Waals surface area contributed by atoms with Gasteiger partial charge in [-0.2, -0.15) is 0 Å². The number of halogens is 3. The highest BCUT2D eigenvalue weighted by atomic mass is 32.2. The largest absolute Gasteiger partial charge is 0.294 e. The third-order valence-electron chi connectivity index (χ3n) is 3.73. The van der Waals surface area contributed by atoms with Crippen molar-refractivity contribution in [3.05, 3.63) is 52.1 Å². The van der Waals surface area contributed by atoms with Crippen LogP contribution in [0.2, 0.25) is 0 Å². The zero-order valence-electron chi connectivity index (χ0n) is 15.3. The number of nitrogens with zero attached hydrogens (tertiary/aromatic N) is 4. The predicted octanol–water partition coefficient (Wildman–Crippen LogP) is 5.48. The van der Waals surface area contributed by atoms with Gasteiger partial charge < -0.3 is 0 Å². The average molecular weight is 415 g/mol. The quantitative estimate of drug-likeness (QED) is 0.309. The number of alkyl halides is 3. The van der Waals surface area contributed by atoms with E-state index in [0.717, 1.165) is 9.88 Å². The van der Waals surface area contributed by atoms with E-state index in [0.29, 0.717) is 23.8 Å². The van der Waals surface area contributed by atoms with Gasteiger partial charge in [-0.05, 0) is 24.6 Å². The fourth-order valence-corrected chi connectivity index (χ4v) is 3.81. The molecule has 9 heteroatoms. The Morgan fingerprint density at radius 1 is 1.37 bits per heavy atom. The maximum atomic E-state index is 13.5. The van der Waals surface area contributed by atoms with Gasteiger partial charge in [0.05, 0.1) is 22.8 Å². The minimum absolute atomic E-state index is 0.0139. The molecule has 1 unspecified atom stereocenters. The number of aromatic nitrogens is 2. The van der Waals surface area contributed by atoms with Gasteiger partial charge in [-0.1, -0.05) is 24.6 Å². The molecular weight excluding hydrogens is 393 g/mol. The smallest absolute Gasteiger partial charge is 0.260 e. The fraction of sp³-hybridized carbons (Fsp3) is 0.389. The van der Waals surface area contributed by atoms with Crippen molar-refractivity contribution in [1.29, 1.82) is 0 Å². The van der Waals surface area contributed by atoms with Gasteiger partial charge in [0.15, 0.2) is 0 Å². The number of allylic oxidation sites excluding steroid dienone is 1. The van der Waals surface area contributed by atoms with Gasteiger partial charge in [0, 0.05) is 25.9 Å². The standard InChI is InChI=1S/C18H21F3N4S2/c1-11(18(20)21)8-14(22-3)15-9-23-17(27-15)10-25(26-4)16-7-5-6-13(24-16)12(2)19/h5-7,9,12,18H,1,8,10H2,2-4H3/b22-14+. The molecule has 2 aromatic rings. The second-order valence-electron chi connectivity index (χ2n) is 5.68. The number of hydrogen-bond acceptors (Lipinski definition) is 6. The molecule has 2 heterocycles. The molecule has 0 bridgehead atoms. The Morgan fingerprint density at radius 3 is 2.70 bits per heavy atom. The van der Waals surface area contributed by atoms with Crippen LogP contribution in [-0.2, 0) is 6.54 Å². The molecule has 0 N–H and O–H groups in total. The van der Waals surface area contributed by atoms with Crippen molar-refractivity contribution in [2.24, 2.45) is 4.99 Å². The second-order valence-corrected chi connectivity index (χ2v) is 7.60. The van der Waals surface area contributed by atoms with E-state index in [-0.39, 0.29) is 12.0 Å². The van der Waals surface area contributed by atoms with Crippen molar-refractivity contribution in [3.8, 4) is 0 Å². The number of pyridine rings is 1. The second kappa shape index (κ2) is 9.89. The van der Waals surface area contributed by atoms with Gasteiger partial charge >= 0.3 is 0 Å². The first-order chi connectivity index (χ1) is 12.8. The Morgan fingerprint density at radius 2 is 2.11 bits per heavy atom. The van der Waals surface area contributed by atoms with Gasteiger partial charge in [0.1, 0.15) is 17.0 Å². The lowest BCUT2D eigenvalue weighted by atomic mass is 10.1. The maximum Gasteiger partial charge on any atom is 0.260 e. The lowest BCUT2D eigenvalue weighted by Gasteiger charge is -2.19. The SMILES string of the molecule is C=C(C/C(=N\C)c1cnc(CN(SC)c2cccc(C(C)F)n2)s1)C(F)F. The molecule has 0 radical (unpaired) electrons. The van der Waals surface area contributed by atoms with Crippen LogP contribution in [0.25, 0.3) is 0 Å². The molecule has 0 fully saturated rings. The van der Waals surface area contributed by atoms with Crippen LogP contribution >= 0.6 is 23.3 Å². The molecule has 0 saturated carbocycles. The van der Waals surface area contributed by atoms with Gasteiger partial charge in [-0.15, -0.1) is 11.3 Å². The third kappa shape index (κ3) is 5.80. The summed E-state index contributed by atoms with van der Waals surface area (Å²) in [5, 5.41) is 0.781. The summed E-state index contributed by atoms with van der Waals surface area (Å²) in [6, 6.07) is 5.22. The molecule has 0 aromatic carbocycles. The first-order valence-corrected chi connectivity index (χ1v) is 10.1. The summed E-state index contributed by atoms with van der Waals surface area (Å²) in [6.07, 6.45) is -0.177. The molecule has 2 aromatic heterocycles. The summed E-state index contributed by atoms with van der Waals surface area (Å²) < 4.78 is 40.9. The van der Waals surface area contributed by atoms with Crippen molar-refractivity contribution in [2.45, 2.75) is 32.5 Å². The molecule has 1 atom stereocenters. The van der Waals surface area contributed by atoms with E-state index < -0.39 is 12.6 Å². The normalized spacial score (nSPS) is 13.1. The number of rotatable bonds is 9. The van der Waals surface area contributed by atoms with Gasteiger partial charge in [-0.3, -0.25) is 9.30 Å².